The number of carbonyl (C=O) groups is 2. The second-order valence-corrected chi connectivity index (χ2v) is 4.33. The van der Waals surface area contributed by atoms with Gasteiger partial charge in [-0.1, -0.05) is 0 Å². The highest BCUT2D eigenvalue weighted by Crippen LogP contribution is 2.18. The van der Waals surface area contributed by atoms with E-state index in [4.69, 9.17) is 9.84 Å². The predicted octanol–water partition coefficient (Wildman–Crippen LogP) is 0.782. The van der Waals surface area contributed by atoms with Crippen LogP contribution in [0.4, 0.5) is 0 Å². The van der Waals surface area contributed by atoms with E-state index in [0.717, 1.165) is 26.1 Å². The van der Waals surface area contributed by atoms with Crippen LogP contribution >= 0.6 is 0 Å². The van der Waals surface area contributed by atoms with Crippen LogP contribution < -0.4 is 5.32 Å². The van der Waals surface area contributed by atoms with Crippen LogP contribution in [-0.2, 0) is 14.3 Å². The maximum atomic E-state index is 11.6. The van der Waals surface area contributed by atoms with Crippen molar-refractivity contribution in [3.05, 3.63) is 0 Å². The summed E-state index contributed by atoms with van der Waals surface area (Å²) >= 11 is 0. The second kappa shape index (κ2) is 6.48. The molecule has 0 saturated carbocycles. The Labute approximate surface area is 95.2 Å². The fourth-order valence-electron chi connectivity index (χ4n) is 1.86. The molecule has 1 heterocycles. The van der Waals surface area contributed by atoms with Crippen molar-refractivity contribution >= 4 is 11.9 Å². The molecule has 1 aliphatic rings. The maximum Gasteiger partial charge on any atom is 0.305 e. The minimum absolute atomic E-state index is 0.0283. The van der Waals surface area contributed by atoms with Gasteiger partial charge >= 0.3 is 5.97 Å². The number of nitrogens with one attached hydrogen (secondary N) is 1. The first-order valence-corrected chi connectivity index (χ1v) is 5.67. The Morgan fingerprint density at radius 2 is 2.06 bits per heavy atom. The summed E-state index contributed by atoms with van der Waals surface area (Å²) in [7, 11) is 0. The third kappa shape index (κ3) is 5.11. The van der Waals surface area contributed by atoms with E-state index in [-0.39, 0.29) is 18.4 Å². The number of rotatable bonds is 5. The third-order valence-electron chi connectivity index (χ3n) is 2.70. The first kappa shape index (κ1) is 13.0. The first-order valence-electron chi connectivity index (χ1n) is 5.67. The number of amides is 1. The number of hydrogen-bond donors (Lipinski definition) is 2. The molecule has 5 heteroatoms. The normalized spacial score (nSPS) is 19.1. The minimum atomic E-state index is -0.890. The van der Waals surface area contributed by atoms with Crippen molar-refractivity contribution in [2.24, 2.45) is 5.92 Å². The van der Waals surface area contributed by atoms with Crippen LogP contribution in [-0.4, -0.2) is 36.2 Å². The van der Waals surface area contributed by atoms with Crippen LogP contribution in [0.5, 0.6) is 0 Å². The molecule has 0 aliphatic carbocycles. The lowest BCUT2D eigenvalue weighted by Crippen LogP contribution is -2.35. The van der Waals surface area contributed by atoms with E-state index in [9.17, 15) is 9.59 Å². The average Bonchev–Trinajstić information content (AvgIpc) is 2.17. The number of carbonyl (C=O) groups excluding carboxylic acids is 1. The van der Waals surface area contributed by atoms with Crippen molar-refractivity contribution in [2.45, 2.75) is 38.6 Å². The molecule has 92 valence electrons. The molecule has 1 fully saturated rings. The summed E-state index contributed by atoms with van der Waals surface area (Å²) in [5, 5.41) is 11.2. The van der Waals surface area contributed by atoms with Gasteiger partial charge in [0.25, 0.3) is 0 Å². The Balaban J connectivity index is 2.21. The van der Waals surface area contributed by atoms with Crippen LogP contribution in [0.1, 0.15) is 32.6 Å². The molecule has 0 radical (unpaired) electrons. The predicted molar refractivity (Wildman–Crippen MR) is 58.0 cm³/mol. The summed E-state index contributed by atoms with van der Waals surface area (Å²) in [5.74, 6) is -0.565. The Morgan fingerprint density at radius 3 is 2.62 bits per heavy atom. The van der Waals surface area contributed by atoms with E-state index in [1.807, 2.05) is 0 Å². The standard InChI is InChI=1S/C11H19NO4/c1-8(6-11(14)15)12-10(13)7-9-2-4-16-5-3-9/h8-9H,2-7H2,1H3,(H,12,13)(H,14,15). The van der Waals surface area contributed by atoms with E-state index in [1.54, 1.807) is 6.92 Å². The summed E-state index contributed by atoms with van der Waals surface area (Å²) in [6.07, 6.45) is 2.29. The summed E-state index contributed by atoms with van der Waals surface area (Å²) in [6.45, 7) is 3.15. The highest BCUT2D eigenvalue weighted by Gasteiger charge is 2.18. The van der Waals surface area contributed by atoms with Crippen molar-refractivity contribution in [2.75, 3.05) is 13.2 Å². The van der Waals surface area contributed by atoms with Crippen LogP contribution in [0.2, 0.25) is 0 Å². The summed E-state index contributed by atoms with van der Waals surface area (Å²) in [4.78, 5) is 22.0. The lowest BCUT2D eigenvalue weighted by molar-refractivity contribution is -0.137. The van der Waals surface area contributed by atoms with Gasteiger partial charge in [0.1, 0.15) is 0 Å². The van der Waals surface area contributed by atoms with Gasteiger partial charge in [-0.25, -0.2) is 0 Å². The van der Waals surface area contributed by atoms with Gasteiger partial charge in [-0.2, -0.15) is 0 Å². The molecule has 1 saturated heterocycles. The zero-order valence-corrected chi connectivity index (χ0v) is 9.57. The quantitative estimate of drug-likeness (QED) is 0.730. The molecule has 1 amide bonds. The fourth-order valence-corrected chi connectivity index (χ4v) is 1.86. The SMILES string of the molecule is CC(CC(=O)O)NC(=O)CC1CCOCC1. The lowest BCUT2D eigenvalue weighted by Gasteiger charge is -2.22. The van der Waals surface area contributed by atoms with Crippen LogP contribution in [0.25, 0.3) is 0 Å². The fraction of sp³-hybridized carbons (Fsp3) is 0.818. The Bertz CT molecular complexity index is 248. The molecule has 0 aromatic carbocycles. The number of hydrogen-bond acceptors (Lipinski definition) is 3. The van der Waals surface area contributed by atoms with Gasteiger partial charge < -0.3 is 15.2 Å². The smallest absolute Gasteiger partial charge is 0.305 e. The minimum Gasteiger partial charge on any atom is -0.481 e. The molecule has 0 spiro atoms. The Hall–Kier alpha value is -1.10. The van der Waals surface area contributed by atoms with Crippen LogP contribution in [0.15, 0.2) is 0 Å². The van der Waals surface area contributed by atoms with Crippen LogP contribution in [0, 0.1) is 5.92 Å². The monoisotopic (exact) mass is 229 g/mol. The van der Waals surface area contributed by atoms with Crippen molar-refractivity contribution in [1.82, 2.24) is 5.32 Å². The second-order valence-electron chi connectivity index (χ2n) is 4.33. The maximum absolute atomic E-state index is 11.6. The molecule has 1 rings (SSSR count). The highest BCUT2D eigenvalue weighted by atomic mass is 16.5. The molecular weight excluding hydrogens is 210 g/mol. The van der Waals surface area contributed by atoms with Crippen LogP contribution in [0.3, 0.4) is 0 Å². The molecular formula is C11H19NO4. The molecule has 5 nitrogen and oxygen atoms in total. The molecule has 0 bridgehead atoms. The van der Waals surface area contributed by atoms with Gasteiger partial charge in [0.15, 0.2) is 0 Å². The van der Waals surface area contributed by atoms with Gasteiger partial charge in [0.05, 0.1) is 6.42 Å². The van der Waals surface area contributed by atoms with Gasteiger partial charge in [-0.05, 0) is 25.7 Å². The summed E-state index contributed by atoms with van der Waals surface area (Å²) in [6, 6.07) is -0.301. The van der Waals surface area contributed by atoms with Crippen molar-refractivity contribution < 1.29 is 19.4 Å². The molecule has 0 aromatic heterocycles. The number of carboxylic acid groups (broad SMARTS) is 1. The largest absolute Gasteiger partial charge is 0.481 e. The van der Waals surface area contributed by atoms with E-state index in [1.165, 1.54) is 0 Å². The van der Waals surface area contributed by atoms with Crippen molar-refractivity contribution in [3.8, 4) is 0 Å². The van der Waals surface area contributed by atoms with Gasteiger partial charge in [0.2, 0.25) is 5.91 Å². The van der Waals surface area contributed by atoms with Gasteiger partial charge in [0, 0.05) is 25.7 Å². The summed E-state index contributed by atoms with van der Waals surface area (Å²) < 4.78 is 5.21. The van der Waals surface area contributed by atoms with E-state index < -0.39 is 5.97 Å². The Morgan fingerprint density at radius 1 is 1.44 bits per heavy atom. The zero-order valence-electron chi connectivity index (χ0n) is 9.57. The van der Waals surface area contributed by atoms with Gasteiger partial charge in [-0.15, -0.1) is 0 Å². The molecule has 1 atom stereocenters. The topological polar surface area (TPSA) is 75.6 Å². The van der Waals surface area contributed by atoms with Crippen molar-refractivity contribution in [3.63, 3.8) is 0 Å². The number of aliphatic carboxylic acids is 1. The Kier molecular flexibility index (Phi) is 5.25. The molecule has 1 unspecified atom stereocenters. The van der Waals surface area contributed by atoms with Crippen molar-refractivity contribution in [1.29, 1.82) is 0 Å². The third-order valence-corrected chi connectivity index (χ3v) is 2.70. The van der Waals surface area contributed by atoms with Gasteiger partial charge in [-0.3, -0.25) is 9.59 Å². The van der Waals surface area contributed by atoms with E-state index in [0.29, 0.717) is 12.3 Å². The average molecular weight is 229 g/mol. The summed E-state index contributed by atoms with van der Waals surface area (Å²) in [5.41, 5.74) is 0. The molecule has 0 aromatic rings. The zero-order chi connectivity index (χ0) is 12.0. The van der Waals surface area contributed by atoms with E-state index in [2.05, 4.69) is 5.32 Å². The molecule has 16 heavy (non-hydrogen) atoms. The van der Waals surface area contributed by atoms with E-state index >= 15 is 0 Å². The lowest BCUT2D eigenvalue weighted by atomic mass is 9.96. The first-order chi connectivity index (χ1) is 7.58. The molecule has 2 N–H and O–H groups in total. The number of carboxylic acids is 1. The highest BCUT2D eigenvalue weighted by molar-refractivity contribution is 5.77. The number of ether oxygens (including phenoxy) is 1. The molecule has 1 aliphatic heterocycles.